The molecule has 1 heterocycles. The number of nitrogens with two attached hydrogens (primary N) is 1. The lowest BCUT2D eigenvalue weighted by molar-refractivity contribution is -0.123. The number of primary amides is 1. The second kappa shape index (κ2) is 14.8. The van der Waals surface area contributed by atoms with Crippen molar-refractivity contribution in [1.82, 2.24) is 15.5 Å². The largest absolute Gasteiger partial charge is 0.382 e. The Kier molecular flexibility index (Phi) is 12.9. The van der Waals surface area contributed by atoms with Gasteiger partial charge in [-0.05, 0) is 72.0 Å². The van der Waals surface area contributed by atoms with Crippen LogP contribution in [0.2, 0.25) is 0 Å². The van der Waals surface area contributed by atoms with Gasteiger partial charge in [-0.3, -0.25) is 9.79 Å². The molecule has 152 valence electrons. The van der Waals surface area contributed by atoms with Crippen LogP contribution in [0.25, 0.3) is 0 Å². The van der Waals surface area contributed by atoms with E-state index in [1.54, 1.807) is 0 Å². The SMILES string of the molecule is CCNC(=NCCCCN1CCC(C(N)=O)CC1)NCCCCOCC. The molecule has 1 rings (SSSR count). The Bertz CT molecular complexity index is 395. The molecule has 0 spiro atoms. The summed E-state index contributed by atoms with van der Waals surface area (Å²) in [7, 11) is 0. The predicted molar refractivity (Wildman–Crippen MR) is 107 cm³/mol. The molecule has 0 aromatic carbocycles. The highest BCUT2D eigenvalue weighted by Gasteiger charge is 2.22. The Hall–Kier alpha value is -1.34. The number of carbonyl (C=O) groups excluding carboxylic acids is 1. The van der Waals surface area contributed by atoms with Crippen molar-refractivity contribution < 1.29 is 9.53 Å². The fourth-order valence-electron chi connectivity index (χ4n) is 3.10. The molecule has 7 nitrogen and oxygen atoms in total. The molecule has 26 heavy (non-hydrogen) atoms. The Balaban J connectivity index is 2.10. The summed E-state index contributed by atoms with van der Waals surface area (Å²) in [6, 6.07) is 0. The molecule has 0 saturated carbocycles. The van der Waals surface area contributed by atoms with Gasteiger partial charge in [0, 0.05) is 38.8 Å². The van der Waals surface area contributed by atoms with E-state index in [2.05, 4.69) is 27.4 Å². The molecule has 1 aliphatic rings. The molecule has 1 aliphatic heterocycles. The van der Waals surface area contributed by atoms with E-state index in [4.69, 9.17) is 10.5 Å². The number of ether oxygens (including phenoxy) is 1. The summed E-state index contributed by atoms with van der Waals surface area (Å²) >= 11 is 0. The topological polar surface area (TPSA) is 92.0 Å². The Morgan fingerprint density at radius 1 is 1.15 bits per heavy atom. The van der Waals surface area contributed by atoms with Gasteiger partial charge in [-0.1, -0.05) is 0 Å². The number of amides is 1. The molecule has 0 radical (unpaired) electrons. The molecule has 4 N–H and O–H groups in total. The highest BCUT2D eigenvalue weighted by molar-refractivity contribution is 5.79. The van der Waals surface area contributed by atoms with Gasteiger partial charge in [0.1, 0.15) is 0 Å². The number of aliphatic imine (C=N–C) groups is 1. The third-order valence-electron chi connectivity index (χ3n) is 4.70. The van der Waals surface area contributed by atoms with E-state index in [9.17, 15) is 4.79 Å². The number of piperidine rings is 1. The Morgan fingerprint density at radius 2 is 1.92 bits per heavy atom. The normalized spacial score (nSPS) is 16.6. The molecular weight excluding hydrogens is 330 g/mol. The number of nitrogens with zero attached hydrogens (tertiary/aromatic N) is 2. The number of hydrogen-bond acceptors (Lipinski definition) is 4. The minimum absolute atomic E-state index is 0.0816. The van der Waals surface area contributed by atoms with Gasteiger partial charge >= 0.3 is 0 Å². The first-order valence-corrected chi connectivity index (χ1v) is 10.3. The van der Waals surface area contributed by atoms with Crippen LogP contribution in [0.4, 0.5) is 0 Å². The zero-order valence-corrected chi connectivity index (χ0v) is 16.8. The summed E-state index contributed by atoms with van der Waals surface area (Å²) < 4.78 is 5.35. The first-order valence-electron chi connectivity index (χ1n) is 10.3. The molecule has 0 aliphatic carbocycles. The third kappa shape index (κ3) is 10.6. The maximum Gasteiger partial charge on any atom is 0.220 e. The molecule has 1 saturated heterocycles. The van der Waals surface area contributed by atoms with Gasteiger partial charge in [0.25, 0.3) is 0 Å². The number of likely N-dealkylation sites (tertiary alicyclic amines) is 1. The second-order valence-corrected chi connectivity index (χ2v) is 6.82. The third-order valence-corrected chi connectivity index (χ3v) is 4.70. The molecular formula is C19H39N5O2. The number of guanidine groups is 1. The zero-order chi connectivity index (χ0) is 19.0. The Morgan fingerprint density at radius 3 is 2.58 bits per heavy atom. The summed E-state index contributed by atoms with van der Waals surface area (Å²) in [6.07, 6.45) is 6.20. The van der Waals surface area contributed by atoms with Crippen LogP contribution < -0.4 is 16.4 Å². The number of nitrogens with one attached hydrogen (secondary N) is 2. The van der Waals surface area contributed by atoms with E-state index in [-0.39, 0.29) is 11.8 Å². The molecule has 0 aromatic rings. The molecule has 7 heteroatoms. The van der Waals surface area contributed by atoms with Gasteiger partial charge in [-0.2, -0.15) is 0 Å². The van der Waals surface area contributed by atoms with Gasteiger partial charge in [0.2, 0.25) is 5.91 Å². The van der Waals surface area contributed by atoms with Crippen LogP contribution in [-0.4, -0.2) is 69.2 Å². The van der Waals surface area contributed by atoms with Crippen molar-refractivity contribution in [3.63, 3.8) is 0 Å². The molecule has 0 bridgehead atoms. The molecule has 1 amide bonds. The van der Waals surface area contributed by atoms with Gasteiger partial charge in [0.15, 0.2) is 5.96 Å². The number of hydrogen-bond donors (Lipinski definition) is 3. The summed E-state index contributed by atoms with van der Waals surface area (Å²) in [5.41, 5.74) is 5.38. The van der Waals surface area contributed by atoms with Crippen LogP contribution in [0, 0.1) is 5.92 Å². The summed E-state index contributed by atoms with van der Waals surface area (Å²) in [4.78, 5) is 18.3. The van der Waals surface area contributed by atoms with Crippen molar-refractivity contribution in [2.75, 3.05) is 52.5 Å². The van der Waals surface area contributed by atoms with Crippen molar-refractivity contribution in [2.24, 2.45) is 16.6 Å². The second-order valence-electron chi connectivity index (χ2n) is 6.82. The maximum atomic E-state index is 11.2. The van der Waals surface area contributed by atoms with Crippen molar-refractivity contribution >= 4 is 11.9 Å². The fraction of sp³-hybridized carbons (Fsp3) is 0.895. The highest BCUT2D eigenvalue weighted by Crippen LogP contribution is 2.16. The maximum absolute atomic E-state index is 11.2. The first-order chi connectivity index (χ1) is 12.7. The van der Waals surface area contributed by atoms with Crippen molar-refractivity contribution in [1.29, 1.82) is 0 Å². The average Bonchev–Trinajstić information content (AvgIpc) is 2.64. The minimum Gasteiger partial charge on any atom is -0.382 e. The minimum atomic E-state index is -0.139. The zero-order valence-electron chi connectivity index (χ0n) is 16.8. The van der Waals surface area contributed by atoms with Crippen molar-refractivity contribution in [3.05, 3.63) is 0 Å². The summed E-state index contributed by atoms with van der Waals surface area (Å²) in [6.45, 7) is 11.4. The van der Waals surface area contributed by atoms with Crippen LogP contribution in [-0.2, 0) is 9.53 Å². The monoisotopic (exact) mass is 369 g/mol. The predicted octanol–water partition coefficient (Wildman–Crippen LogP) is 1.34. The first kappa shape index (κ1) is 22.7. The van der Waals surface area contributed by atoms with Crippen LogP contribution in [0.5, 0.6) is 0 Å². The summed E-state index contributed by atoms with van der Waals surface area (Å²) in [5.74, 6) is 0.852. The quantitative estimate of drug-likeness (QED) is 0.259. The van der Waals surface area contributed by atoms with E-state index in [1.165, 1.54) is 0 Å². The standard InChI is InChI=1S/C19H39N5O2/c1-3-21-19(23-12-6-8-16-26-4-2)22-11-5-7-13-24-14-9-17(10-15-24)18(20)25/h17H,3-16H2,1-2H3,(H2,20,25)(H2,21,22,23). The molecule has 0 aromatic heterocycles. The molecule has 1 fully saturated rings. The number of unbranched alkanes of at least 4 members (excludes halogenated alkanes) is 2. The average molecular weight is 370 g/mol. The lowest BCUT2D eigenvalue weighted by Crippen LogP contribution is -2.39. The van der Waals surface area contributed by atoms with Gasteiger partial charge in [-0.25, -0.2) is 0 Å². The lowest BCUT2D eigenvalue weighted by Gasteiger charge is -2.30. The van der Waals surface area contributed by atoms with E-state index in [0.29, 0.717) is 0 Å². The van der Waals surface area contributed by atoms with E-state index >= 15 is 0 Å². The van der Waals surface area contributed by atoms with Crippen molar-refractivity contribution in [3.8, 4) is 0 Å². The number of rotatable bonds is 13. The molecule has 0 unspecified atom stereocenters. The number of carbonyl (C=O) groups is 1. The van der Waals surface area contributed by atoms with Crippen LogP contribution in [0.1, 0.15) is 52.4 Å². The van der Waals surface area contributed by atoms with Crippen LogP contribution in [0.3, 0.4) is 0 Å². The molecule has 0 atom stereocenters. The van der Waals surface area contributed by atoms with E-state index in [1.807, 2.05) is 6.92 Å². The summed E-state index contributed by atoms with van der Waals surface area (Å²) in [5, 5.41) is 6.68. The van der Waals surface area contributed by atoms with Crippen LogP contribution >= 0.6 is 0 Å². The lowest BCUT2D eigenvalue weighted by atomic mass is 9.96. The van der Waals surface area contributed by atoms with E-state index < -0.39 is 0 Å². The highest BCUT2D eigenvalue weighted by atomic mass is 16.5. The van der Waals surface area contributed by atoms with Crippen LogP contribution in [0.15, 0.2) is 4.99 Å². The van der Waals surface area contributed by atoms with Gasteiger partial charge < -0.3 is 26.0 Å². The fourth-order valence-corrected chi connectivity index (χ4v) is 3.10. The van der Waals surface area contributed by atoms with E-state index in [0.717, 1.165) is 97.0 Å². The van der Waals surface area contributed by atoms with Gasteiger partial charge in [-0.15, -0.1) is 0 Å². The Labute approximate surface area is 159 Å². The smallest absolute Gasteiger partial charge is 0.220 e. The van der Waals surface area contributed by atoms with Gasteiger partial charge in [0.05, 0.1) is 0 Å². The van der Waals surface area contributed by atoms with Crippen molar-refractivity contribution in [2.45, 2.75) is 52.4 Å².